The summed E-state index contributed by atoms with van der Waals surface area (Å²) in [4.78, 5) is 40.1. The van der Waals surface area contributed by atoms with Crippen LogP contribution in [0.5, 0.6) is 5.88 Å². The quantitative estimate of drug-likeness (QED) is 0.428. The van der Waals surface area contributed by atoms with Gasteiger partial charge in [0.15, 0.2) is 12.4 Å². The molecule has 1 N–H and O–H groups in total. The fourth-order valence-electron chi connectivity index (χ4n) is 2.92. The van der Waals surface area contributed by atoms with Gasteiger partial charge in [-0.3, -0.25) is 4.79 Å². The van der Waals surface area contributed by atoms with Crippen LogP contribution in [0.25, 0.3) is 16.6 Å². The van der Waals surface area contributed by atoms with E-state index in [4.69, 9.17) is 14.0 Å². The summed E-state index contributed by atoms with van der Waals surface area (Å²) in [5, 5.41) is 3.74. The molecule has 4 aromatic rings. The monoisotopic (exact) mass is 489 g/mol. The molecule has 0 amide bonds. The number of hydrogen-bond donors (Lipinski definition) is 1. The fraction of sp³-hybridized carbons (Fsp3) is 0.100. The number of carbonyl (C=O) groups excluding carboxylic acids is 1. The highest BCUT2D eigenvalue weighted by molar-refractivity contribution is 9.10. The van der Waals surface area contributed by atoms with Crippen LogP contribution >= 0.6 is 15.9 Å². The minimum absolute atomic E-state index is 0.0915. The smallest absolute Gasteiger partial charge is 0.338 e. The number of benzene rings is 2. The molecule has 0 unspecified atom stereocenters. The number of methoxy groups -OCH3 is 1. The molecule has 0 bridgehead atoms. The van der Waals surface area contributed by atoms with Crippen molar-refractivity contribution in [3.63, 3.8) is 0 Å². The van der Waals surface area contributed by atoms with E-state index in [9.17, 15) is 18.8 Å². The van der Waals surface area contributed by atoms with Gasteiger partial charge in [0, 0.05) is 0 Å². The van der Waals surface area contributed by atoms with Gasteiger partial charge >= 0.3 is 11.7 Å². The van der Waals surface area contributed by atoms with Crippen molar-refractivity contribution in [3.05, 3.63) is 84.9 Å². The van der Waals surface area contributed by atoms with Gasteiger partial charge in [-0.05, 0) is 51.4 Å². The molecule has 158 valence electrons. The molecule has 0 atom stereocenters. The van der Waals surface area contributed by atoms with Gasteiger partial charge in [0.2, 0.25) is 0 Å². The first-order valence-electron chi connectivity index (χ1n) is 8.80. The van der Waals surface area contributed by atoms with Crippen LogP contribution in [-0.4, -0.2) is 27.8 Å². The lowest BCUT2D eigenvalue weighted by molar-refractivity contribution is 0.0436. The number of ether oxygens (including phenoxy) is 2. The lowest BCUT2D eigenvalue weighted by atomic mass is 10.1. The minimum Gasteiger partial charge on any atom is -0.478 e. The Morgan fingerprint density at radius 3 is 2.74 bits per heavy atom. The summed E-state index contributed by atoms with van der Waals surface area (Å²) in [5.41, 5.74) is -1.53. The molecule has 0 fully saturated rings. The average molecular weight is 490 g/mol. The minimum atomic E-state index is -0.842. The maximum absolute atomic E-state index is 14.1. The van der Waals surface area contributed by atoms with E-state index in [-0.39, 0.29) is 40.4 Å². The molecule has 9 nitrogen and oxygen atoms in total. The van der Waals surface area contributed by atoms with Crippen LogP contribution in [0, 0.1) is 5.82 Å². The molecular formula is C20H13BrFN3O6. The van der Waals surface area contributed by atoms with Crippen LogP contribution in [0.3, 0.4) is 0 Å². The van der Waals surface area contributed by atoms with E-state index in [1.807, 2.05) is 0 Å². The third-order valence-electron chi connectivity index (χ3n) is 4.43. The summed E-state index contributed by atoms with van der Waals surface area (Å²) in [5.74, 6) is -0.985. The summed E-state index contributed by atoms with van der Waals surface area (Å²) in [6.45, 7) is -0.223. The highest BCUT2D eigenvalue weighted by Crippen LogP contribution is 2.28. The molecule has 11 heteroatoms. The summed E-state index contributed by atoms with van der Waals surface area (Å²) in [7, 11) is 1.41. The largest absolute Gasteiger partial charge is 0.478 e. The number of H-pyrrole nitrogens is 1. The second-order valence-corrected chi connectivity index (χ2v) is 7.08. The topological polar surface area (TPSA) is 116 Å². The average Bonchev–Trinajstić information content (AvgIpc) is 3.12. The summed E-state index contributed by atoms with van der Waals surface area (Å²) in [6.07, 6.45) is 0. The van der Waals surface area contributed by atoms with Crippen molar-refractivity contribution < 1.29 is 23.2 Å². The third kappa shape index (κ3) is 3.75. The van der Waals surface area contributed by atoms with Gasteiger partial charge in [0.05, 0.1) is 29.3 Å². The number of para-hydroxylation sites is 1. The van der Waals surface area contributed by atoms with Gasteiger partial charge in [0.1, 0.15) is 10.3 Å². The molecule has 4 rings (SSSR count). The number of rotatable bonds is 5. The number of hydrogen-bond acceptors (Lipinski definition) is 7. The number of nitrogens with one attached hydrogen (secondary N) is 1. The number of nitrogens with zero attached hydrogens (tertiary/aromatic N) is 2. The normalized spacial score (nSPS) is 10.9. The van der Waals surface area contributed by atoms with E-state index < -0.39 is 23.0 Å². The zero-order chi connectivity index (χ0) is 22.1. The van der Waals surface area contributed by atoms with Crippen molar-refractivity contribution in [1.82, 2.24) is 14.7 Å². The molecule has 0 radical (unpaired) electrons. The summed E-state index contributed by atoms with van der Waals surface area (Å²) < 4.78 is 30.4. The van der Waals surface area contributed by atoms with Crippen molar-refractivity contribution in [1.29, 1.82) is 0 Å². The van der Waals surface area contributed by atoms with Crippen LogP contribution in [0.15, 0.2) is 61.0 Å². The SMILES string of the molecule is COc1noc(COC(=O)c2ccc3c(=O)n(-c4ccccc4F)c(=O)[nH]c3c2)c1Br. The van der Waals surface area contributed by atoms with Gasteiger partial charge in [0.25, 0.3) is 11.4 Å². The van der Waals surface area contributed by atoms with E-state index in [1.165, 1.54) is 43.5 Å². The Kier molecular flexibility index (Phi) is 5.42. The maximum Gasteiger partial charge on any atom is 0.338 e. The Bertz CT molecular complexity index is 1420. The molecule has 2 aromatic heterocycles. The Morgan fingerprint density at radius 2 is 2.03 bits per heavy atom. The van der Waals surface area contributed by atoms with Gasteiger partial charge in [-0.2, -0.15) is 0 Å². The van der Waals surface area contributed by atoms with Crippen molar-refractivity contribution in [2.75, 3.05) is 7.11 Å². The fourth-order valence-corrected chi connectivity index (χ4v) is 3.34. The second kappa shape index (κ2) is 8.19. The highest BCUT2D eigenvalue weighted by atomic mass is 79.9. The maximum atomic E-state index is 14.1. The Hall–Kier alpha value is -3.73. The lowest BCUT2D eigenvalue weighted by Crippen LogP contribution is -2.34. The molecule has 0 spiro atoms. The summed E-state index contributed by atoms with van der Waals surface area (Å²) >= 11 is 3.22. The number of esters is 1. The first kappa shape index (κ1) is 20.5. The lowest BCUT2D eigenvalue weighted by Gasteiger charge is -2.08. The van der Waals surface area contributed by atoms with Crippen molar-refractivity contribution in [2.45, 2.75) is 6.61 Å². The van der Waals surface area contributed by atoms with Crippen LogP contribution in [0.1, 0.15) is 16.1 Å². The molecule has 31 heavy (non-hydrogen) atoms. The van der Waals surface area contributed by atoms with E-state index in [0.717, 1.165) is 6.07 Å². The first-order valence-corrected chi connectivity index (χ1v) is 9.59. The van der Waals surface area contributed by atoms with Crippen molar-refractivity contribution >= 4 is 32.8 Å². The van der Waals surface area contributed by atoms with Crippen LogP contribution < -0.4 is 16.0 Å². The number of halogens is 2. The molecule has 0 aliphatic carbocycles. The van der Waals surface area contributed by atoms with E-state index in [0.29, 0.717) is 9.04 Å². The predicted octanol–water partition coefficient (Wildman–Crippen LogP) is 2.93. The third-order valence-corrected chi connectivity index (χ3v) is 5.21. The Labute approximate surface area is 181 Å². The van der Waals surface area contributed by atoms with E-state index in [1.54, 1.807) is 0 Å². The van der Waals surface area contributed by atoms with Crippen molar-refractivity contribution in [3.8, 4) is 11.6 Å². The van der Waals surface area contributed by atoms with Crippen LogP contribution in [-0.2, 0) is 11.3 Å². The number of carbonyl (C=O) groups is 1. The molecule has 0 saturated heterocycles. The summed E-state index contributed by atoms with van der Waals surface area (Å²) in [6, 6.07) is 9.46. The first-order chi connectivity index (χ1) is 14.9. The second-order valence-electron chi connectivity index (χ2n) is 6.29. The number of fused-ring (bicyclic) bond motifs is 1. The highest BCUT2D eigenvalue weighted by Gasteiger charge is 2.18. The zero-order valence-corrected chi connectivity index (χ0v) is 17.4. The number of aromatic amines is 1. The molecular weight excluding hydrogens is 477 g/mol. The van der Waals surface area contributed by atoms with Crippen molar-refractivity contribution in [2.24, 2.45) is 0 Å². The molecule has 2 heterocycles. The van der Waals surface area contributed by atoms with Crippen LogP contribution in [0.2, 0.25) is 0 Å². The Morgan fingerprint density at radius 1 is 1.26 bits per heavy atom. The molecule has 2 aromatic carbocycles. The number of aromatic nitrogens is 3. The standard InChI is InChI=1S/C20H13BrFN3O6/c1-29-17-16(21)15(31-24-17)9-30-19(27)10-6-7-11-13(8-10)23-20(28)25(18(11)26)14-5-3-2-4-12(14)22/h2-8H,9H2,1H3,(H,23,28). The molecule has 0 aliphatic heterocycles. The van der Waals surface area contributed by atoms with Gasteiger partial charge < -0.3 is 19.0 Å². The van der Waals surface area contributed by atoms with Gasteiger partial charge in [-0.1, -0.05) is 12.1 Å². The van der Waals surface area contributed by atoms with Gasteiger partial charge in [-0.15, -0.1) is 0 Å². The van der Waals surface area contributed by atoms with E-state index >= 15 is 0 Å². The van der Waals surface area contributed by atoms with E-state index in [2.05, 4.69) is 26.1 Å². The molecule has 0 aliphatic rings. The van der Waals surface area contributed by atoms with Gasteiger partial charge in [-0.25, -0.2) is 18.5 Å². The van der Waals surface area contributed by atoms with Crippen LogP contribution in [0.4, 0.5) is 4.39 Å². The molecule has 0 saturated carbocycles. The Balaban J connectivity index is 1.65. The predicted molar refractivity (Wildman–Crippen MR) is 110 cm³/mol. The zero-order valence-electron chi connectivity index (χ0n) is 15.8.